The first kappa shape index (κ1) is 23.7. The number of halogens is 1. The lowest BCUT2D eigenvalue weighted by Crippen LogP contribution is -2.44. The number of hydrogen-bond acceptors (Lipinski definition) is 5. The number of nitrogens with one attached hydrogen (secondary N) is 2. The Morgan fingerprint density at radius 3 is 2.76 bits per heavy atom. The Hall–Kier alpha value is -2.05. The number of rotatable bonds is 4. The van der Waals surface area contributed by atoms with Crippen LogP contribution in [-0.4, -0.2) is 53.3 Å². The second kappa shape index (κ2) is 9.19. The summed E-state index contributed by atoms with van der Waals surface area (Å²) in [5, 5.41) is 9.32. The molecule has 0 fully saturated rings. The highest BCUT2D eigenvalue weighted by molar-refractivity contribution is 6.31. The summed E-state index contributed by atoms with van der Waals surface area (Å²) in [4.78, 5) is 2.54. The van der Waals surface area contributed by atoms with E-state index in [0.29, 0.717) is 6.04 Å². The minimum atomic E-state index is -0.159. The minimum Gasteiger partial charge on any atom is -0.304 e. The quantitative estimate of drug-likeness (QED) is 0.603. The summed E-state index contributed by atoms with van der Waals surface area (Å²) in [6.45, 7) is 12.1. The smallest absolute Gasteiger partial charge is 0.0816 e. The van der Waals surface area contributed by atoms with E-state index in [1.165, 1.54) is 33.7 Å². The normalized spacial score (nSPS) is 27.9. The minimum absolute atomic E-state index is 0.159. The Morgan fingerprint density at radius 1 is 1.24 bits per heavy atom. The SMILES string of the molecule is CC1=C2c3ccc(C4=CCN(C(C)C)CC4)cc3[C@@H](NC3(C)C=C(Cl)C=CC3)CCN2N(C)N1. The largest absolute Gasteiger partial charge is 0.304 e. The number of hydrogen-bond donors (Lipinski definition) is 2. The summed E-state index contributed by atoms with van der Waals surface area (Å²) in [5.41, 5.74) is 11.4. The van der Waals surface area contributed by atoms with Crippen molar-refractivity contribution >= 4 is 22.9 Å². The van der Waals surface area contributed by atoms with E-state index in [1.807, 2.05) is 6.08 Å². The van der Waals surface area contributed by atoms with E-state index in [-0.39, 0.29) is 11.6 Å². The lowest BCUT2D eigenvalue weighted by molar-refractivity contribution is 0.0430. The predicted octanol–water partition coefficient (Wildman–Crippen LogP) is 5.42. The molecule has 4 aliphatic rings. The van der Waals surface area contributed by atoms with Gasteiger partial charge in [-0.25, -0.2) is 0 Å². The molecule has 3 aliphatic heterocycles. The zero-order valence-electron chi connectivity index (χ0n) is 21.2. The summed E-state index contributed by atoms with van der Waals surface area (Å²) in [6.07, 6.45) is 11.9. The van der Waals surface area contributed by atoms with Gasteiger partial charge in [-0.05, 0) is 81.9 Å². The first-order chi connectivity index (χ1) is 16.2. The molecule has 5 rings (SSSR count). The molecule has 182 valence electrons. The molecule has 2 N–H and O–H groups in total. The maximum atomic E-state index is 6.42. The van der Waals surface area contributed by atoms with Crippen LogP contribution in [0.15, 0.2) is 53.2 Å². The summed E-state index contributed by atoms with van der Waals surface area (Å²) in [5.74, 6) is 0. The molecule has 5 nitrogen and oxygen atoms in total. The van der Waals surface area contributed by atoms with Gasteiger partial charge in [0, 0.05) is 54.9 Å². The lowest BCUT2D eigenvalue weighted by Gasteiger charge is -2.35. The molecule has 0 radical (unpaired) electrons. The standard InChI is InChI=1S/C28H38ClN5/c1-19(2)33-14-10-21(11-15-33)22-8-9-24-25(17-22)26(30-28(4)13-6-7-23(29)18-28)12-16-34-27(24)20(3)31-32(34)5/h6-10,17-19,26,30-31H,11-16H2,1-5H3/t26-,28?/m0/s1. The van der Waals surface area contributed by atoms with Crippen LogP contribution in [0.5, 0.6) is 0 Å². The van der Waals surface area contributed by atoms with E-state index in [4.69, 9.17) is 11.6 Å². The Bertz CT molecular complexity index is 1080. The van der Waals surface area contributed by atoms with Crippen molar-refractivity contribution in [3.05, 3.63) is 69.9 Å². The molecule has 0 bridgehead atoms. The third-order valence-corrected chi connectivity index (χ3v) is 7.97. The van der Waals surface area contributed by atoms with Crippen LogP contribution in [0.25, 0.3) is 11.3 Å². The highest BCUT2D eigenvalue weighted by Crippen LogP contribution is 2.40. The van der Waals surface area contributed by atoms with Gasteiger partial charge < -0.3 is 10.7 Å². The highest BCUT2D eigenvalue weighted by atomic mass is 35.5. The molecule has 1 aromatic rings. The van der Waals surface area contributed by atoms with Gasteiger partial charge in [0.1, 0.15) is 0 Å². The van der Waals surface area contributed by atoms with Gasteiger partial charge >= 0.3 is 0 Å². The summed E-state index contributed by atoms with van der Waals surface area (Å²) in [6, 6.07) is 7.97. The van der Waals surface area contributed by atoms with Crippen LogP contribution in [0.1, 0.15) is 69.7 Å². The maximum Gasteiger partial charge on any atom is 0.0816 e. The Labute approximate surface area is 209 Å². The van der Waals surface area contributed by atoms with E-state index in [9.17, 15) is 0 Å². The van der Waals surface area contributed by atoms with Crippen LogP contribution in [-0.2, 0) is 0 Å². The fourth-order valence-corrected chi connectivity index (χ4v) is 6.20. The molecule has 0 amide bonds. The lowest BCUT2D eigenvalue weighted by atomic mass is 9.87. The van der Waals surface area contributed by atoms with Crippen molar-refractivity contribution < 1.29 is 0 Å². The molecule has 6 heteroatoms. The predicted molar refractivity (Wildman–Crippen MR) is 143 cm³/mol. The zero-order valence-corrected chi connectivity index (χ0v) is 21.9. The van der Waals surface area contributed by atoms with Crippen molar-refractivity contribution in [3.8, 4) is 0 Å². The van der Waals surface area contributed by atoms with Crippen LogP contribution in [0.3, 0.4) is 0 Å². The number of benzene rings is 1. The van der Waals surface area contributed by atoms with Crippen molar-refractivity contribution in [1.82, 2.24) is 25.8 Å². The third kappa shape index (κ3) is 4.47. The molecule has 0 saturated carbocycles. The second-order valence-electron chi connectivity index (χ2n) is 10.6. The second-order valence-corrected chi connectivity index (χ2v) is 11.1. The Kier molecular flexibility index (Phi) is 6.40. The third-order valence-electron chi connectivity index (χ3n) is 7.74. The van der Waals surface area contributed by atoms with Gasteiger partial charge in [0.25, 0.3) is 0 Å². The maximum absolute atomic E-state index is 6.42. The van der Waals surface area contributed by atoms with Crippen molar-refractivity contribution in [3.63, 3.8) is 0 Å². The molecule has 1 aliphatic carbocycles. The molecule has 2 atom stereocenters. The van der Waals surface area contributed by atoms with Gasteiger partial charge in [0.05, 0.1) is 11.4 Å². The van der Waals surface area contributed by atoms with Crippen LogP contribution >= 0.6 is 11.6 Å². The fourth-order valence-electron chi connectivity index (χ4n) is 5.87. The summed E-state index contributed by atoms with van der Waals surface area (Å²) >= 11 is 6.42. The number of nitrogens with zero attached hydrogens (tertiary/aromatic N) is 3. The highest BCUT2D eigenvalue weighted by Gasteiger charge is 2.36. The number of allylic oxidation sites excluding steroid dienone is 3. The first-order valence-corrected chi connectivity index (χ1v) is 13.0. The average molecular weight is 480 g/mol. The number of fused-ring (bicyclic) bond motifs is 3. The molecule has 1 unspecified atom stereocenters. The molecule has 0 aromatic heterocycles. The van der Waals surface area contributed by atoms with Gasteiger partial charge in [-0.2, -0.15) is 0 Å². The van der Waals surface area contributed by atoms with Gasteiger partial charge in [-0.15, -0.1) is 5.12 Å². The van der Waals surface area contributed by atoms with Gasteiger partial charge in [-0.3, -0.25) is 9.91 Å². The summed E-state index contributed by atoms with van der Waals surface area (Å²) < 4.78 is 0. The van der Waals surface area contributed by atoms with Gasteiger partial charge in [0.15, 0.2) is 0 Å². The molecule has 1 aromatic carbocycles. The first-order valence-electron chi connectivity index (χ1n) is 12.6. The average Bonchev–Trinajstić information content (AvgIpc) is 2.98. The van der Waals surface area contributed by atoms with Crippen LogP contribution < -0.4 is 10.7 Å². The molecular formula is C28H38ClN5. The molecular weight excluding hydrogens is 442 g/mol. The van der Waals surface area contributed by atoms with E-state index in [0.717, 1.165) is 43.9 Å². The van der Waals surface area contributed by atoms with Crippen molar-refractivity contribution in [2.45, 2.75) is 64.6 Å². The molecule has 0 saturated heterocycles. The van der Waals surface area contributed by atoms with Crippen molar-refractivity contribution in [1.29, 1.82) is 0 Å². The monoisotopic (exact) mass is 479 g/mol. The molecule has 34 heavy (non-hydrogen) atoms. The van der Waals surface area contributed by atoms with E-state index >= 15 is 0 Å². The van der Waals surface area contributed by atoms with E-state index < -0.39 is 0 Å². The van der Waals surface area contributed by atoms with Crippen LogP contribution in [0.4, 0.5) is 0 Å². The summed E-state index contributed by atoms with van der Waals surface area (Å²) in [7, 11) is 2.10. The molecule has 3 heterocycles. The van der Waals surface area contributed by atoms with Crippen molar-refractivity contribution in [2.24, 2.45) is 0 Å². The van der Waals surface area contributed by atoms with Gasteiger partial charge in [0.2, 0.25) is 0 Å². The topological polar surface area (TPSA) is 33.8 Å². The van der Waals surface area contributed by atoms with E-state index in [1.54, 1.807) is 0 Å². The van der Waals surface area contributed by atoms with Crippen LogP contribution in [0, 0.1) is 0 Å². The Morgan fingerprint density at radius 2 is 2.06 bits per heavy atom. The fraction of sp³-hybridized carbons (Fsp3) is 0.500. The number of hydrazine groups is 2. The van der Waals surface area contributed by atoms with Gasteiger partial charge in [-0.1, -0.05) is 35.9 Å². The van der Waals surface area contributed by atoms with Crippen molar-refractivity contribution in [2.75, 3.05) is 26.7 Å². The van der Waals surface area contributed by atoms with E-state index in [2.05, 4.69) is 96.9 Å². The zero-order chi connectivity index (χ0) is 24.0. The van der Waals surface area contributed by atoms with Crippen LogP contribution in [0.2, 0.25) is 0 Å². The Balaban J connectivity index is 1.54. The molecule has 0 spiro atoms.